The summed E-state index contributed by atoms with van der Waals surface area (Å²) in [7, 11) is 0. The van der Waals surface area contributed by atoms with Crippen LogP contribution in [0.3, 0.4) is 0 Å². The molecule has 1 fully saturated rings. The molecular formula is C28H27ClFNO4. The molecule has 0 aliphatic carbocycles. The highest BCUT2D eigenvalue weighted by atomic mass is 35.5. The van der Waals surface area contributed by atoms with E-state index in [4.69, 9.17) is 21.1 Å². The van der Waals surface area contributed by atoms with Gasteiger partial charge in [-0.3, -0.25) is 9.29 Å². The molecule has 3 aromatic rings. The Labute approximate surface area is 209 Å². The Balaban J connectivity index is 1.40. The Hall–Kier alpha value is -3.22. The summed E-state index contributed by atoms with van der Waals surface area (Å²) in [6.07, 6.45) is -0.447. The molecule has 5 nitrogen and oxygen atoms in total. The molecule has 0 saturated carbocycles. The van der Waals surface area contributed by atoms with Gasteiger partial charge in [-0.25, -0.2) is 0 Å². The lowest BCUT2D eigenvalue weighted by Gasteiger charge is -2.37. The van der Waals surface area contributed by atoms with E-state index in [9.17, 15) is 14.6 Å². The van der Waals surface area contributed by atoms with Crippen LogP contribution < -0.4 is 9.47 Å². The quantitative estimate of drug-likeness (QED) is 0.415. The van der Waals surface area contributed by atoms with Crippen molar-refractivity contribution >= 4 is 22.7 Å². The zero-order valence-corrected chi connectivity index (χ0v) is 20.1. The predicted molar refractivity (Wildman–Crippen MR) is 135 cm³/mol. The number of phenolic OH excluding ortho intramolecular Hbond substituents is 2. The minimum Gasteiger partial charge on any atom is -0.508 e. The van der Waals surface area contributed by atoms with Crippen molar-refractivity contribution < 1.29 is 24.1 Å². The molecule has 0 aromatic heterocycles. The van der Waals surface area contributed by atoms with Crippen LogP contribution in [0.2, 0.25) is 5.02 Å². The van der Waals surface area contributed by atoms with Gasteiger partial charge in [0.2, 0.25) is 0 Å². The topological polar surface area (TPSA) is 62.2 Å². The summed E-state index contributed by atoms with van der Waals surface area (Å²) >= 11 is 6.23. The first-order valence-corrected chi connectivity index (χ1v) is 12.0. The molecule has 7 heteroatoms. The number of ether oxygens (including phenoxy) is 2. The molecule has 3 aromatic carbocycles. The summed E-state index contributed by atoms with van der Waals surface area (Å²) in [5, 5.41) is 20.2. The number of allylic oxidation sites excluding steroid dienone is 1. The fourth-order valence-corrected chi connectivity index (χ4v) is 4.89. The first-order valence-electron chi connectivity index (χ1n) is 11.6. The van der Waals surface area contributed by atoms with Crippen LogP contribution in [0.25, 0.3) is 11.1 Å². The van der Waals surface area contributed by atoms with Crippen LogP contribution in [0, 0.1) is 5.92 Å². The number of aromatic hydroxyl groups is 2. The zero-order valence-electron chi connectivity index (χ0n) is 19.4. The molecule has 2 N–H and O–H groups in total. The number of fused-ring (bicyclic) bond motifs is 1. The molecule has 0 bridgehead atoms. The number of nitrogens with zero attached hydrogens (tertiary/aromatic N) is 1. The van der Waals surface area contributed by atoms with Gasteiger partial charge >= 0.3 is 0 Å². The van der Waals surface area contributed by atoms with Gasteiger partial charge < -0.3 is 19.7 Å². The minimum absolute atomic E-state index is 0.0206. The van der Waals surface area contributed by atoms with Gasteiger partial charge in [-0.15, -0.1) is 0 Å². The van der Waals surface area contributed by atoms with Gasteiger partial charge in [0.15, 0.2) is 0 Å². The smallest absolute Gasteiger partial charge is 0.150 e. The molecule has 182 valence electrons. The molecule has 0 spiro atoms. The molecule has 1 atom stereocenters. The molecule has 2 heterocycles. The van der Waals surface area contributed by atoms with E-state index >= 15 is 0 Å². The second-order valence-electron chi connectivity index (χ2n) is 9.08. The van der Waals surface area contributed by atoms with Gasteiger partial charge in [-0.2, -0.15) is 0 Å². The predicted octanol–water partition coefficient (Wildman–Crippen LogP) is 6.10. The molecular weight excluding hydrogens is 469 g/mol. The number of hydrogen-bond acceptors (Lipinski definition) is 5. The van der Waals surface area contributed by atoms with E-state index in [0.717, 1.165) is 53.2 Å². The van der Waals surface area contributed by atoms with Crippen LogP contribution in [0.15, 0.2) is 60.7 Å². The lowest BCUT2D eigenvalue weighted by Crippen LogP contribution is -2.49. The van der Waals surface area contributed by atoms with Crippen LogP contribution in [0.5, 0.6) is 23.0 Å². The third-order valence-electron chi connectivity index (χ3n) is 6.65. The van der Waals surface area contributed by atoms with Crippen LogP contribution in [-0.2, 0) is 0 Å². The van der Waals surface area contributed by atoms with Gasteiger partial charge in [0.25, 0.3) is 0 Å². The van der Waals surface area contributed by atoms with E-state index in [2.05, 4.69) is 4.90 Å². The van der Waals surface area contributed by atoms with Gasteiger partial charge in [0, 0.05) is 42.8 Å². The summed E-state index contributed by atoms with van der Waals surface area (Å²) < 4.78 is 24.9. The maximum Gasteiger partial charge on any atom is 0.150 e. The first-order chi connectivity index (χ1) is 16.9. The van der Waals surface area contributed by atoms with E-state index in [0.29, 0.717) is 12.4 Å². The van der Waals surface area contributed by atoms with Crippen molar-refractivity contribution in [3.63, 3.8) is 0 Å². The summed E-state index contributed by atoms with van der Waals surface area (Å²) in [4.78, 5) is 2.18. The van der Waals surface area contributed by atoms with Crippen molar-refractivity contribution in [3.8, 4) is 23.0 Å². The molecule has 2 aliphatic rings. The maximum atomic E-state index is 12.6. The molecule has 5 rings (SSSR count). The van der Waals surface area contributed by atoms with E-state index in [1.54, 1.807) is 24.3 Å². The average molecular weight is 496 g/mol. The van der Waals surface area contributed by atoms with Crippen LogP contribution in [-0.4, -0.2) is 48.0 Å². The summed E-state index contributed by atoms with van der Waals surface area (Å²) in [6.45, 7) is 4.68. The number of rotatable bonds is 7. The van der Waals surface area contributed by atoms with Gasteiger partial charge in [-0.05, 0) is 60.0 Å². The standard InChI is InChI=1S/C28H27ClFNO4/c1-17-23-8-5-21(32)13-26(23)35-28(27(17)20-4-9-25(33)24(29)12-20)19-2-6-22(7-3-19)34-11-10-31-15-18(14-30)16-31/h2-9,12-13,18,28,32-33H,10-11,14-16H2,1H3. The highest BCUT2D eigenvalue weighted by Crippen LogP contribution is 2.48. The number of phenols is 2. The lowest BCUT2D eigenvalue weighted by molar-refractivity contribution is 0.0668. The molecule has 35 heavy (non-hydrogen) atoms. The van der Waals surface area contributed by atoms with Crippen molar-refractivity contribution in [1.29, 1.82) is 0 Å². The number of likely N-dealkylation sites (tertiary alicyclic amines) is 1. The lowest BCUT2D eigenvalue weighted by atomic mass is 9.86. The van der Waals surface area contributed by atoms with Crippen molar-refractivity contribution in [2.75, 3.05) is 32.9 Å². The molecule has 0 radical (unpaired) electrons. The summed E-state index contributed by atoms with van der Waals surface area (Å²) in [5.74, 6) is 1.68. The van der Waals surface area contributed by atoms with Crippen LogP contribution >= 0.6 is 11.6 Å². The van der Waals surface area contributed by atoms with Gasteiger partial charge in [-0.1, -0.05) is 29.8 Å². The minimum atomic E-state index is -0.447. The SMILES string of the molecule is CC1=C(c2ccc(O)c(Cl)c2)C(c2ccc(OCCN3CC(CF)C3)cc2)Oc2cc(O)ccc21. The third kappa shape index (κ3) is 4.81. The van der Waals surface area contributed by atoms with E-state index < -0.39 is 6.10 Å². The Bertz CT molecular complexity index is 1250. The van der Waals surface area contributed by atoms with Crippen molar-refractivity contribution in [3.05, 3.63) is 82.4 Å². The van der Waals surface area contributed by atoms with E-state index in [1.807, 2.05) is 43.3 Å². The number of benzene rings is 3. The number of hydrogen-bond donors (Lipinski definition) is 2. The Morgan fingerprint density at radius 1 is 1.06 bits per heavy atom. The van der Waals surface area contributed by atoms with Crippen molar-refractivity contribution in [2.45, 2.75) is 13.0 Å². The average Bonchev–Trinajstić information content (AvgIpc) is 2.82. The number of halogens is 2. The molecule has 1 unspecified atom stereocenters. The van der Waals surface area contributed by atoms with Gasteiger partial charge in [0.1, 0.15) is 35.7 Å². The molecule has 1 saturated heterocycles. The van der Waals surface area contributed by atoms with Gasteiger partial charge in [0.05, 0.1) is 11.7 Å². The van der Waals surface area contributed by atoms with Crippen LogP contribution in [0.1, 0.15) is 29.7 Å². The van der Waals surface area contributed by atoms with Crippen molar-refractivity contribution in [2.24, 2.45) is 5.92 Å². The Kier molecular flexibility index (Phi) is 6.58. The molecule has 2 aliphatic heterocycles. The monoisotopic (exact) mass is 495 g/mol. The largest absolute Gasteiger partial charge is 0.508 e. The fourth-order valence-electron chi connectivity index (χ4n) is 4.71. The maximum absolute atomic E-state index is 12.6. The Morgan fingerprint density at radius 3 is 2.54 bits per heavy atom. The normalized spacial score (nSPS) is 18.1. The van der Waals surface area contributed by atoms with Crippen molar-refractivity contribution in [1.82, 2.24) is 4.90 Å². The number of alkyl halides is 1. The Morgan fingerprint density at radius 2 is 1.83 bits per heavy atom. The molecule has 0 amide bonds. The van der Waals surface area contributed by atoms with Crippen LogP contribution in [0.4, 0.5) is 4.39 Å². The van der Waals surface area contributed by atoms with E-state index in [-0.39, 0.29) is 29.1 Å². The zero-order chi connectivity index (χ0) is 24.5. The fraction of sp³-hybridized carbons (Fsp3) is 0.286. The second-order valence-corrected chi connectivity index (χ2v) is 9.49. The second kappa shape index (κ2) is 9.80. The summed E-state index contributed by atoms with van der Waals surface area (Å²) in [6, 6.07) is 18.0. The highest BCUT2D eigenvalue weighted by Gasteiger charge is 2.30. The highest BCUT2D eigenvalue weighted by molar-refractivity contribution is 6.32. The van der Waals surface area contributed by atoms with E-state index in [1.165, 1.54) is 0 Å². The first kappa shape index (κ1) is 23.5. The third-order valence-corrected chi connectivity index (χ3v) is 6.95. The summed E-state index contributed by atoms with van der Waals surface area (Å²) in [5.41, 5.74) is 4.58.